The third-order valence-electron chi connectivity index (χ3n) is 8.28. The van der Waals surface area contributed by atoms with Gasteiger partial charge in [0.15, 0.2) is 0 Å². The number of phenolic OH excluding ortho intramolecular Hbond substituents is 1. The second kappa shape index (κ2) is 11.9. The van der Waals surface area contributed by atoms with E-state index in [1.807, 2.05) is 19.2 Å². The van der Waals surface area contributed by atoms with Gasteiger partial charge in [0.1, 0.15) is 12.2 Å². The monoisotopic (exact) mass is 486 g/mol. The van der Waals surface area contributed by atoms with E-state index in [-0.39, 0.29) is 36.1 Å². The van der Waals surface area contributed by atoms with Crippen molar-refractivity contribution in [1.82, 2.24) is 14.7 Å². The normalized spacial score (nSPS) is 23.6. The molecule has 1 aliphatic heterocycles. The average molecular weight is 487 g/mol. The number of benzene rings is 1. The highest BCUT2D eigenvalue weighted by atomic mass is 16.3. The number of amides is 3. The largest absolute Gasteiger partial charge is 0.508 e. The lowest BCUT2D eigenvalue weighted by atomic mass is 9.68. The van der Waals surface area contributed by atoms with Crippen LogP contribution in [0.2, 0.25) is 0 Å². The first kappa shape index (κ1) is 27.0. The molecule has 1 saturated heterocycles. The lowest BCUT2D eigenvalue weighted by Crippen LogP contribution is -2.51. The van der Waals surface area contributed by atoms with Crippen LogP contribution in [0.3, 0.4) is 0 Å². The molecule has 3 N–H and O–H groups in total. The number of piperidine rings is 1. The van der Waals surface area contributed by atoms with Crippen molar-refractivity contribution in [2.75, 3.05) is 39.8 Å². The standard InChI is InChI=1S/C27H42N4O4/c1-20-18-30(13-12-27(20,2)21-8-7-11-23(32)16-21)14-15-31(25(34)17-24(28)33)19-26(35)29(3)22-9-5-4-6-10-22/h7-8,11,16,20,22,32H,4-6,9-10,12-15,17-19H2,1-3H3,(H2,28,33)/t20-,27-/m0/s1. The van der Waals surface area contributed by atoms with E-state index in [1.54, 1.807) is 11.0 Å². The first-order valence-corrected chi connectivity index (χ1v) is 12.9. The molecule has 194 valence electrons. The van der Waals surface area contributed by atoms with Gasteiger partial charge >= 0.3 is 0 Å². The van der Waals surface area contributed by atoms with Crippen LogP contribution < -0.4 is 5.73 Å². The molecule has 1 heterocycles. The van der Waals surface area contributed by atoms with Crippen molar-refractivity contribution >= 4 is 17.7 Å². The van der Waals surface area contributed by atoms with Gasteiger partial charge in [0.05, 0.1) is 6.54 Å². The SMILES string of the molecule is C[C@H]1CN(CCN(CC(=O)N(C)C2CCCCC2)C(=O)CC(N)=O)CC[C@]1(C)c1cccc(O)c1. The van der Waals surface area contributed by atoms with Gasteiger partial charge in [-0.15, -0.1) is 0 Å². The Morgan fingerprint density at radius 1 is 1.17 bits per heavy atom. The quantitative estimate of drug-likeness (QED) is 0.522. The molecule has 0 unspecified atom stereocenters. The lowest BCUT2D eigenvalue weighted by molar-refractivity contribution is -0.143. The summed E-state index contributed by atoms with van der Waals surface area (Å²) in [4.78, 5) is 42.8. The van der Waals surface area contributed by atoms with Gasteiger partial charge in [-0.3, -0.25) is 14.4 Å². The number of likely N-dealkylation sites (N-methyl/N-ethyl adjacent to an activating group) is 1. The van der Waals surface area contributed by atoms with Gasteiger partial charge in [-0.25, -0.2) is 0 Å². The summed E-state index contributed by atoms with van der Waals surface area (Å²) in [5.41, 5.74) is 6.37. The molecule has 2 atom stereocenters. The van der Waals surface area contributed by atoms with E-state index >= 15 is 0 Å². The third-order valence-corrected chi connectivity index (χ3v) is 8.28. The number of primary amides is 1. The molecule has 1 aliphatic carbocycles. The fraction of sp³-hybridized carbons (Fsp3) is 0.667. The summed E-state index contributed by atoms with van der Waals surface area (Å²) in [5, 5.41) is 9.94. The summed E-state index contributed by atoms with van der Waals surface area (Å²) >= 11 is 0. The van der Waals surface area contributed by atoms with Gasteiger partial charge in [-0.2, -0.15) is 0 Å². The van der Waals surface area contributed by atoms with Gasteiger partial charge in [0, 0.05) is 32.7 Å². The highest BCUT2D eigenvalue weighted by Gasteiger charge is 2.38. The zero-order valence-electron chi connectivity index (χ0n) is 21.5. The Morgan fingerprint density at radius 2 is 1.89 bits per heavy atom. The van der Waals surface area contributed by atoms with Gasteiger partial charge in [-0.05, 0) is 54.8 Å². The molecule has 1 aromatic carbocycles. The Labute approximate surface area is 209 Å². The first-order chi connectivity index (χ1) is 16.6. The summed E-state index contributed by atoms with van der Waals surface area (Å²) in [6.07, 6.45) is 6.01. The minimum atomic E-state index is -0.679. The van der Waals surface area contributed by atoms with Crippen LogP contribution in [0.5, 0.6) is 5.75 Å². The molecule has 0 radical (unpaired) electrons. The molecule has 0 aromatic heterocycles. The molecule has 1 saturated carbocycles. The molecule has 2 fully saturated rings. The molecule has 0 bridgehead atoms. The van der Waals surface area contributed by atoms with Crippen molar-refractivity contribution in [2.24, 2.45) is 11.7 Å². The summed E-state index contributed by atoms with van der Waals surface area (Å²) in [6.45, 7) is 7.14. The predicted octanol–water partition coefficient (Wildman–Crippen LogP) is 2.49. The van der Waals surface area contributed by atoms with Crippen molar-refractivity contribution in [1.29, 1.82) is 0 Å². The Bertz CT molecular complexity index is 901. The molecule has 0 spiro atoms. The highest BCUT2D eigenvalue weighted by molar-refractivity contribution is 5.97. The second-order valence-corrected chi connectivity index (χ2v) is 10.7. The molecule has 8 heteroatoms. The second-order valence-electron chi connectivity index (χ2n) is 10.7. The topological polar surface area (TPSA) is 107 Å². The highest BCUT2D eigenvalue weighted by Crippen LogP contribution is 2.40. The number of nitrogens with zero attached hydrogens (tertiary/aromatic N) is 3. The van der Waals surface area contributed by atoms with Crippen molar-refractivity contribution < 1.29 is 19.5 Å². The number of likely N-dealkylation sites (tertiary alicyclic amines) is 1. The van der Waals surface area contributed by atoms with Crippen LogP contribution in [0.15, 0.2) is 24.3 Å². The number of carbonyl (C=O) groups is 3. The fourth-order valence-electron chi connectivity index (χ4n) is 5.57. The maximum atomic E-state index is 13.0. The Morgan fingerprint density at radius 3 is 2.51 bits per heavy atom. The van der Waals surface area contributed by atoms with Gasteiger partial charge in [-0.1, -0.05) is 45.2 Å². The number of phenols is 1. The number of hydrogen-bond donors (Lipinski definition) is 2. The molecule has 35 heavy (non-hydrogen) atoms. The Balaban J connectivity index is 1.60. The lowest BCUT2D eigenvalue weighted by Gasteiger charge is -2.45. The number of carbonyl (C=O) groups excluding carboxylic acids is 3. The van der Waals surface area contributed by atoms with Crippen molar-refractivity contribution in [3.8, 4) is 5.75 Å². The fourth-order valence-corrected chi connectivity index (χ4v) is 5.57. The minimum Gasteiger partial charge on any atom is -0.508 e. The van der Waals surface area contributed by atoms with E-state index in [4.69, 9.17) is 5.73 Å². The van der Waals surface area contributed by atoms with Crippen LogP contribution in [-0.4, -0.2) is 83.3 Å². The number of nitrogens with two attached hydrogens (primary N) is 1. The zero-order chi connectivity index (χ0) is 25.6. The van der Waals surface area contributed by atoms with E-state index in [9.17, 15) is 19.5 Å². The smallest absolute Gasteiger partial charge is 0.242 e. The first-order valence-electron chi connectivity index (χ1n) is 12.9. The van der Waals surface area contributed by atoms with E-state index in [0.717, 1.165) is 50.8 Å². The maximum absolute atomic E-state index is 13.0. The number of aromatic hydroxyl groups is 1. The van der Waals surface area contributed by atoms with E-state index in [2.05, 4.69) is 24.8 Å². The van der Waals surface area contributed by atoms with E-state index in [0.29, 0.717) is 19.0 Å². The van der Waals surface area contributed by atoms with Crippen LogP contribution in [0.25, 0.3) is 0 Å². The van der Waals surface area contributed by atoms with Crippen LogP contribution in [0.4, 0.5) is 0 Å². The number of rotatable bonds is 9. The Kier molecular flexibility index (Phi) is 9.16. The summed E-state index contributed by atoms with van der Waals surface area (Å²) in [7, 11) is 1.82. The van der Waals surface area contributed by atoms with E-state index in [1.165, 1.54) is 11.3 Å². The third kappa shape index (κ3) is 6.97. The van der Waals surface area contributed by atoms with Crippen molar-refractivity contribution in [3.63, 3.8) is 0 Å². The summed E-state index contributed by atoms with van der Waals surface area (Å²) < 4.78 is 0. The predicted molar refractivity (Wildman–Crippen MR) is 136 cm³/mol. The minimum absolute atomic E-state index is 0.0243. The van der Waals surface area contributed by atoms with Crippen LogP contribution >= 0.6 is 0 Å². The molecule has 2 aliphatic rings. The summed E-state index contributed by atoms with van der Waals surface area (Å²) in [6, 6.07) is 7.73. The van der Waals surface area contributed by atoms with Gasteiger partial charge in [0.25, 0.3) is 0 Å². The van der Waals surface area contributed by atoms with Crippen LogP contribution in [0, 0.1) is 5.92 Å². The number of hydrogen-bond acceptors (Lipinski definition) is 5. The van der Waals surface area contributed by atoms with Crippen LogP contribution in [-0.2, 0) is 19.8 Å². The molecule has 8 nitrogen and oxygen atoms in total. The van der Waals surface area contributed by atoms with Crippen molar-refractivity contribution in [2.45, 2.75) is 70.3 Å². The molecule has 3 amide bonds. The summed E-state index contributed by atoms with van der Waals surface area (Å²) in [5.74, 6) is -0.533. The maximum Gasteiger partial charge on any atom is 0.242 e. The van der Waals surface area contributed by atoms with Gasteiger partial charge in [0.2, 0.25) is 17.7 Å². The van der Waals surface area contributed by atoms with Crippen LogP contribution in [0.1, 0.15) is 64.4 Å². The van der Waals surface area contributed by atoms with Crippen molar-refractivity contribution in [3.05, 3.63) is 29.8 Å². The zero-order valence-corrected chi connectivity index (χ0v) is 21.5. The Hall–Kier alpha value is -2.61. The molecular formula is C27H42N4O4. The average Bonchev–Trinajstić information content (AvgIpc) is 2.83. The van der Waals surface area contributed by atoms with E-state index < -0.39 is 11.8 Å². The molecular weight excluding hydrogens is 444 g/mol. The molecule has 3 rings (SSSR count). The molecule has 1 aromatic rings. The van der Waals surface area contributed by atoms with Gasteiger partial charge < -0.3 is 25.5 Å².